The lowest BCUT2D eigenvalue weighted by Gasteiger charge is -2.30. The highest BCUT2D eigenvalue weighted by Gasteiger charge is 2.29. The van der Waals surface area contributed by atoms with Crippen molar-refractivity contribution < 1.29 is 18.0 Å². The number of hydrogen-bond acceptors (Lipinski definition) is 4. The van der Waals surface area contributed by atoms with E-state index < -0.39 is 16.1 Å². The van der Waals surface area contributed by atoms with Crippen LogP contribution in [-0.2, 0) is 26.2 Å². The summed E-state index contributed by atoms with van der Waals surface area (Å²) in [6.07, 6.45) is 5.51. The van der Waals surface area contributed by atoms with Crippen LogP contribution in [0.4, 0.5) is 5.69 Å². The van der Waals surface area contributed by atoms with Crippen LogP contribution < -0.4 is 9.62 Å². The van der Waals surface area contributed by atoms with Gasteiger partial charge >= 0.3 is 0 Å². The molecule has 1 N–H and O–H groups in total. The van der Waals surface area contributed by atoms with Gasteiger partial charge in [0.1, 0.15) is 6.04 Å². The highest BCUT2D eigenvalue weighted by atomic mass is 35.5. The number of hydrogen-bond donors (Lipinski definition) is 1. The van der Waals surface area contributed by atoms with Crippen LogP contribution in [0.5, 0.6) is 0 Å². The van der Waals surface area contributed by atoms with Crippen molar-refractivity contribution in [3.8, 4) is 0 Å². The smallest absolute Gasteiger partial charge is 0.242 e. The molecule has 3 rings (SSSR count). The first-order valence-corrected chi connectivity index (χ1v) is 15.1. The number of rotatable bonds is 11. The Morgan fingerprint density at radius 1 is 1.08 bits per heavy atom. The van der Waals surface area contributed by atoms with E-state index in [2.05, 4.69) is 5.32 Å². The molecule has 1 atom stereocenters. The van der Waals surface area contributed by atoms with E-state index in [1.807, 2.05) is 31.2 Å². The number of carbonyl (C=O) groups excluding carboxylic acids is 2. The largest absolute Gasteiger partial charge is 0.352 e. The van der Waals surface area contributed by atoms with E-state index in [0.29, 0.717) is 5.02 Å². The molecular formula is C27H35Cl2N3O4S. The normalized spacial score (nSPS) is 14.8. The Hall–Kier alpha value is -2.29. The molecule has 1 aliphatic rings. The molecule has 0 aromatic heterocycles. The van der Waals surface area contributed by atoms with E-state index in [-0.39, 0.29) is 54.5 Å². The van der Waals surface area contributed by atoms with Crippen molar-refractivity contribution in [1.29, 1.82) is 0 Å². The van der Waals surface area contributed by atoms with Crippen molar-refractivity contribution in [3.05, 3.63) is 63.6 Å². The van der Waals surface area contributed by atoms with E-state index in [4.69, 9.17) is 23.2 Å². The van der Waals surface area contributed by atoms with Gasteiger partial charge in [-0.3, -0.25) is 13.9 Å². The maximum Gasteiger partial charge on any atom is 0.242 e. The zero-order chi connectivity index (χ0) is 27.2. The summed E-state index contributed by atoms with van der Waals surface area (Å²) in [7, 11) is -3.67. The Morgan fingerprint density at radius 3 is 2.35 bits per heavy atom. The Morgan fingerprint density at radius 2 is 1.73 bits per heavy atom. The van der Waals surface area contributed by atoms with Crippen LogP contribution in [0.25, 0.3) is 0 Å². The molecule has 2 aromatic carbocycles. The molecule has 0 spiro atoms. The number of sulfonamides is 1. The average Bonchev–Trinajstić information content (AvgIpc) is 3.35. The van der Waals surface area contributed by atoms with Crippen molar-refractivity contribution in [2.45, 2.75) is 71.0 Å². The van der Waals surface area contributed by atoms with Crippen LogP contribution in [0, 0.1) is 6.92 Å². The zero-order valence-electron chi connectivity index (χ0n) is 21.5. The van der Waals surface area contributed by atoms with Gasteiger partial charge in [-0.1, -0.05) is 65.9 Å². The summed E-state index contributed by atoms with van der Waals surface area (Å²) in [6.45, 7) is 4.06. The lowest BCUT2D eigenvalue weighted by molar-refractivity contribution is -0.141. The second-order valence-corrected chi connectivity index (χ2v) is 12.5. The molecule has 1 fully saturated rings. The quantitative estimate of drug-likeness (QED) is 0.398. The van der Waals surface area contributed by atoms with E-state index in [1.54, 1.807) is 17.9 Å². The molecule has 2 aromatic rings. The molecule has 0 radical (unpaired) electrons. The summed E-state index contributed by atoms with van der Waals surface area (Å²) < 4.78 is 26.2. The maximum absolute atomic E-state index is 13.4. The van der Waals surface area contributed by atoms with Gasteiger partial charge in [-0.05, 0) is 56.9 Å². The van der Waals surface area contributed by atoms with Gasteiger partial charge in [0.25, 0.3) is 0 Å². The second kappa shape index (κ2) is 13.0. The van der Waals surface area contributed by atoms with E-state index >= 15 is 0 Å². The van der Waals surface area contributed by atoms with Crippen molar-refractivity contribution >= 4 is 50.7 Å². The van der Waals surface area contributed by atoms with Crippen molar-refractivity contribution in [1.82, 2.24) is 10.2 Å². The first kappa shape index (κ1) is 29.3. The fourth-order valence-electron chi connectivity index (χ4n) is 4.52. The minimum atomic E-state index is -3.67. The highest BCUT2D eigenvalue weighted by Crippen LogP contribution is 2.31. The number of nitrogens with zero attached hydrogens (tertiary/aromatic N) is 2. The Balaban J connectivity index is 1.73. The second-order valence-electron chi connectivity index (χ2n) is 9.71. The van der Waals surface area contributed by atoms with E-state index in [9.17, 15) is 18.0 Å². The monoisotopic (exact) mass is 567 g/mol. The summed E-state index contributed by atoms with van der Waals surface area (Å²) in [5, 5.41) is 3.69. The van der Waals surface area contributed by atoms with Gasteiger partial charge in [-0.15, -0.1) is 0 Å². The van der Waals surface area contributed by atoms with Gasteiger partial charge in [0.2, 0.25) is 21.8 Å². The number of carbonyl (C=O) groups is 2. The van der Waals surface area contributed by atoms with Gasteiger partial charge in [-0.2, -0.15) is 0 Å². The zero-order valence-corrected chi connectivity index (χ0v) is 23.9. The van der Waals surface area contributed by atoms with E-state index in [0.717, 1.165) is 47.4 Å². The summed E-state index contributed by atoms with van der Waals surface area (Å²) >= 11 is 12.3. The fourth-order valence-corrected chi connectivity index (χ4v) is 5.93. The molecule has 0 bridgehead atoms. The Labute approximate surface area is 230 Å². The Kier molecular flexibility index (Phi) is 10.3. The van der Waals surface area contributed by atoms with Crippen LogP contribution in [0.2, 0.25) is 10.0 Å². The molecule has 10 heteroatoms. The van der Waals surface area contributed by atoms with Crippen molar-refractivity contribution in [3.63, 3.8) is 0 Å². The van der Waals surface area contributed by atoms with Crippen LogP contribution in [0.1, 0.15) is 56.6 Å². The predicted octanol–water partition coefficient (Wildman–Crippen LogP) is 5.32. The topological polar surface area (TPSA) is 86.8 Å². The number of anilines is 1. The summed E-state index contributed by atoms with van der Waals surface area (Å²) in [6, 6.07) is 11.9. The average molecular weight is 569 g/mol. The summed E-state index contributed by atoms with van der Waals surface area (Å²) in [4.78, 5) is 28.0. The molecule has 7 nitrogen and oxygen atoms in total. The van der Waals surface area contributed by atoms with Crippen LogP contribution in [0.3, 0.4) is 0 Å². The van der Waals surface area contributed by atoms with Gasteiger partial charge in [0.15, 0.2) is 0 Å². The first-order valence-electron chi connectivity index (χ1n) is 12.5. The van der Waals surface area contributed by atoms with Gasteiger partial charge < -0.3 is 10.2 Å². The van der Waals surface area contributed by atoms with Crippen LogP contribution >= 0.6 is 23.2 Å². The summed E-state index contributed by atoms with van der Waals surface area (Å²) in [5.74, 6) is -0.392. The van der Waals surface area contributed by atoms with Gasteiger partial charge in [0, 0.05) is 30.6 Å². The molecule has 1 saturated carbocycles. The molecule has 37 heavy (non-hydrogen) atoms. The number of nitrogens with one attached hydrogen (secondary N) is 1. The SMILES string of the molecule is Cc1ccc(CN(C(=O)CCCN(c2cc(Cl)ccc2Cl)S(C)(=O)=O)C(C)C(=O)NC2CCCC2)cc1. The number of aryl methyl sites for hydroxylation is 1. The molecule has 2 amide bonds. The van der Waals surface area contributed by atoms with E-state index in [1.165, 1.54) is 12.1 Å². The number of benzene rings is 2. The molecule has 202 valence electrons. The van der Waals surface area contributed by atoms with Gasteiger partial charge in [-0.25, -0.2) is 8.42 Å². The standard InChI is InChI=1S/C27H35Cl2N3O4S/c1-19-10-12-21(13-11-19)18-31(20(2)27(34)30-23-7-4-5-8-23)26(33)9-6-16-32(37(3,35)36)25-17-22(28)14-15-24(25)29/h10-15,17,20,23H,4-9,16,18H2,1-3H3,(H,30,34). The fraction of sp³-hybridized carbons (Fsp3) is 0.481. The van der Waals surface area contributed by atoms with Gasteiger partial charge in [0.05, 0.1) is 17.0 Å². The molecular weight excluding hydrogens is 533 g/mol. The maximum atomic E-state index is 13.4. The minimum absolute atomic E-state index is 0.0473. The molecule has 1 unspecified atom stereocenters. The number of halogens is 2. The third-order valence-corrected chi connectivity index (χ3v) is 8.41. The first-order chi connectivity index (χ1) is 17.5. The molecule has 1 aliphatic carbocycles. The van der Waals surface area contributed by atoms with Crippen LogP contribution in [0.15, 0.2) is 42.5 Å². The van der Waals surface area contributed by atoms with Crippen LogP contribution in [-0.4, -0.2) is 50.0 Å². The molecule has 0 aliphatic heterocycles. The summed E-state index contributed by atoms with van der Waals surface area (Å²) in [5.41, 5.74) is 2.29. The van der Waals surface area contributed by atoms with Crippen molar-refractivity contribution in [2.24, 2.45) is 0 Å². The third-order valence-electron chi connectivity index (χ3n) is 6.67. The van der Waals surface area contributed by atoms with Crippen molar-refractivity contribution in [2.75, 3.05) is 17.1 Å². The minimum Gasteiger partial charge on any atom is -0.352 e. The molecule has 0 heterocycles. The lowest BCUT2D eigenvalue weighted by Crippen LogP contribution is -2.49. The molecule has 0 saturated heterocycles. The number of amides is 2. The third kappa shape index (κ3) is 8.35. The lowest BCUT2D eigenvalue weighted by atomic mass is 10.1. The Bertz CT molecular complexity index is 1200. The predicted molar refractivity (Wildman–Crippen MR) is 149 cm³/mol. The highest BCUT2D eigenvalue weighted by molar-refractivity contribution is 7.92.